The van der Waals surface area contributed by atoms with Gasteiger partial charge in [0.05, 0.1) is 0 Å². The summed E-state index contributed by atoms with van der Waals surface area (Å²) in [6, 6.07) is 6.95. The summed E-state index contributed by atoms with van der Waals surface area (Å²) >= 11 is 3.28. The molecule has 1 atom stereocenters. The van der Waals surface area contributed by atoms with Crippen molar-refractivity contribution in [3.8, 4) is 0 Å². The third kappa shape index (κ3) is 5.71. The molecule has 110 valence electrons. The van der Waals surface area contributed by atoms with Crippen molar-refractivity contribution in [2.75, 3.05) is 6.61 Å². The van der Waals surface area contributed by atoms with Crippen molar-refractivity contribution in [3.05, 3.63) is 34.3 Å². The molecule has 6 heteroatoms. The molecule has 0 aromatic heterocycles. The van der Waals surface area contributed by atoms with Crippen LogP contribution in [0.2, 0.25) is 0 Å². The van der Waals surface area contributed by atoms with Crippen molar-refractivity contribution >= 4 is 27.7 Å². The van der Waals surface area contributed by atoms with E-state index in [-0.39, 0.29) is 18.6 Å². The Hall–Kier alpha value is -1.40. The Morgan fingerprint density at radius 1 is 1.30 bits per heavy atom. The van der Waals surface area contributed by atoms with Gasteiger partial charge >= 0.3 is 0 Å². The predicted octanol–water partition coefficient (Wildman–Crippen LogP) is 2.27. The van der Waals surface area contributed by atoms with E-state index in [0.717, 1.165) is 4.47 Å². The van der Waals surface area contributed by atoms with E-state index in [2.05, 4.69) is 26.7 Å². The van der Waals surface area contributed by atoms with Crippen LogP contribution in [-0.2, 0) is 9.63 Å². The van der Waals surface area contributed by atoms with Crippen molar-refractivity contribution in [2.24, 2.45) is 5.92 Å². The second-order valence-corrected chi connectivity index (χ2v) is 5.75. The smallest absolute Gasteiger partial charge is 0.274 e. The third-order valence-electron chi connectivity index (χ3n) is 2.84. The standard InChI is InChI=1S/C14H19BrN2O3/c1-9(2)10(3)16-13(18)8-20-17-14(19)11-5-4-6-12(15)7-11/h4-7,9-10H,8H2,1-3H3,(H,16,18)(H,17,19)/t10-/m0/s1. The SMILES string of the molecule is CC(C)[C@H](C)NC(=O)CONC(=O)c1cccc(Br)c1. The summed E-state index contributed by atoms with van der Waals surface area (Å²) < 4.78 is 0.800. The summed E-state index contributed by atoms with van der Waals surface area (Å²) in [4.78, 5) is 28.2. The van der Waals surface area contributed by atoms with E-state index in [9.17, 15) is 9.59 Å². The molecule has 0 aliphatic rings. The first-order valence-corrected chi connectivity index (χ1v) is 7.16. The Morgan fingerprint density at radius 3 is 2.60 bits per heavy atom. The summed E-state index contributed by atoms with van der Waals surface area (Å²) in [6.07, 6.45) is 0. The van der Waals surface area contributed by atoms with E-state index in [1.54, 1.807) is 18.2 Å². The highest BCUT2D eigenvalue weighted by Crippen LogP contribution is 2.11. The molecule has 1 aromatic carbocycles. The van der Waals surface area contributed by atoms with Crippen LogP contribution < -0.4 is 10.8 Å². The Kier molecular flexibility index (Phi) is 6.67. The number of rotatable bonds is 6. The lowest BCUT2D eigenvalue weighted by molar-refractivity contribution is -0.128. The Bertz CT molecular complexity index is 477. The maximum atomic E-state index is 11.7. The summed E-state index contributed by atoms with van der Waals surface area (Å²) in [7, 11) is 0. The van der Waals surface area contributed by atoms with Gasteiger partial charge in [0.1, 0.15) is 0 Å². The molecule has 5 nitrogen and oxygen atoms in total. The first kappa shape index (κ1) is 16.7. The lowest BCUT2D eigenvalue weighted by atomic mass is 10.1. The maximum absolute atomic E-state index is 11.7. The highest BCUT2D eigenvalue weighted by atomic mass is 79.9. The Morgan fingerprint density at radius 2 is 2.00 bits per heavy atom. The zero-order valence-corrected chi connectivity index (χ0v) is 13.4. The van der Waals surface area contributed by atoms with E-state index in [1.807, 2.05) is 26.8 Å². The maximum Gasteiger partial charge on any atom is 0.274 e. The molecule has 0 saturated carbocycles. The van der Waals surface area contributed by atoms with E-state index in [4.69, 9.17) is 4.84 Å². The van der Waals surface area contributed by atoms with Gasteiger partial charge in [-0.25, -0.2) is 5.48 Å². The fourth-order valence-electron chi connectivity index (χ4n) is 1.32. The van der Waals surface area contributed by atoms with Gasteiger partial charge in [-0.1, -0.05) is 35.8 Å². The number of hydrogen-bond acceptors (Lipinski definition) is 3. The highest BCUT2D eigenvalue weighted by Gasteiger charge is 2.12. The monoisotopic (exact) mass is 342 g/mol. The first-order chi connectivity index (χ1) is 9.40. The fraction of sp³-hybridized carbons (Fsp3) is 0.429. The molecule has 1 aromatic rings. The third-order valence-corrected chi connectivity index (χ3v) is 3.34. The average molecular weight is 343 g/mol. The summed E-state index contributed by atoms with van der Waals surface area (Å²) in [5.74, 6) is -0.313. The van der Waals surface area contributed by atoms with E-state index < -0.39 is 5.91 Å². The van der Waals surface area contributed by atoms with Crippen LogP contribution in [0.3, 0.4) is 0 Å². The minimum Gasteiger partial charge on any atom is -0.351 e. The zero-order valence-electron chi connectivity index (χ0n) is 11.8. The van der Waals surface area contributed by atoms with Crippen molar-refractivity contribution in [1.29, 1.82) is 0 Å². The van der Waals surface area contributed by atoms with Crippen molar-refractivity contribution < 1.29 is 14.4 Å². The summed E-state index contributed by atoms with van der Waals surface area (Å²) in [6.45, 7) is 5.74. The fourth-order valence-corrected chi connectivity index (χ4v) is 1.72. The number of hydroxylamine groups is 1. The van der Waals surface area contributed by atoms with Gasteiger partial charge in [-0.3, -0.25) is 14.4 Å². The van der Waals surface area contributed by atoms with Crippen molar-refractivity contribution in [3.63, 3.8) is 0 Å². The molecule has 0 fully saturated rings. The van der Waals surface area contributed by atoms with Crippen LogP contribution in [0.1, 0.15) is 31.1 Å². The van der Waals surface area contributed by atoms with Crippen LogP contribution in [-0.4, -0.2) is 24.5 Å². The Labute approximate surface area is 127 Å². The second-order valence-electron chi connectivity index (χ2n) is 4.83. The molecule has 0 unspecified atom stereocenters. The van der Waals surface area contributed by atoms with Crippen molar-refractivity contribution in [1.82, 2.24) is 10.8 Å². The van der Waals surface area contributed by atoms with Gasteiger partial charge in [0, 0.05) is 16.1 Å². The molecule has 0 saturated heterocycles. The van der Waals surface area contributed by atoms with Crippen LogP contribution in [0.4, 0.5) is 0 Å². The van der Waals surface area contributed by atoms with Gasteiger partial charge in [-0.15, -0.1) is 0 Å². The van der Waals surface area contributed by atoms with Crippen LogP contribution in [0.5, 0.6) is 0 Å². The molecule has 20 heavy (non-hydrogen) atoms. The number of carbonyl (C=O) groups is 2. The molecule has 1 rings (SSSR count). The molecule has 2 N–H and O–H groups in total. The van der Waals surface area contributed by atoms with E-state index in [0.29, 0.717) is 11.5 Å². The van der Waals surface area contributed by atoms with Crippen LogP contribution in [0.15, 0.2) is 28.7 Å². The number of benzene rings is 1. The number of halogens is 1. The first-order valence-electron chi connectivity index (χ1n) is 6.37. The van der Waals surface area contributed by atoms with Gasteiger partial charge in [0.2, 0.25) is 5.91 Å². The molecular formula is C14H19BrN2O3. The van der Waals surface area contributed by atoms with Gasteiger partial charge in [-0.2, -0.15) is 0 Å². The zero-order chi connectivity index (χ0) is 15.1. The molecule has 0 aliphatic carbocycles. The molecule has 0 radical (unpaired) electrons. The summed E-state index contributed by atoms with van der Waals surface area (Å²) in [5, 5.41) is 2.78. The lowest BCUT2D eigenvalue weighted by Gasteiger charge is -2.17. The minimum atomic E-state index is -0.393. The number of hydrogen-bond donors (Lipinski definition) is 2. The van der Waals surface area contributed by atoms with E-state index >= 15 is 0 Å². The quantitative estimate of drug-likeness (QED) is 0.779. The van der Waals surface area contributed by atoms with Gasteiger partial charge in [0.25, 0.3) is 5.91 Å². The van der Waals surface area contributed by atoms with Crippen molar-refractivity contribution in [2.45, 2.75) is 26.8 Å². The number of nitrogens with one attached hydrogen (secondary N) is 2. The molecule has 0 spiro atoms. The minimum absolute atomic E-state index is 0.0619. The molecular weight excluding hydrogens is 324 g/mol. The topological polar surface area (TPSA) is 67.4 Å². The number of amides is 2. The van der Waals surface area contributed by atoms with E-state index in [1.165, 1.54) is 0 Å². The van der Waals surface area contributed by atoms with Gasteiger partial charge in [-0.05, 0) is 31.0 Å². The summed E-state index contributed by atoms with van der Waals surface area (Å²) in [5.41, 5.74) is 2.69. The van der Waals surface area contributed by atoms with Crippen LogP contribution in [0.25, 0.3) is 0 Å². The second kappa shape index (κ2) is 8.01. The molecule has 0 heterocycles. The highest BCUT2D eigenvalue weighted by molar-refractivity contribution is 9.10. The Balaban J connectivity index is 2.34. The van der Waals surface area contributed by atoms with Crippen LogP contribution >= 0.6 is 15.9 Å². The predicted molar refractivity (Wildman–Crippen MR) is 80.0 cm³/mol. The normalized spacial score (nSPS) is 12.1. The van der Waals surface area contributed by atoms with Gasteiger partial charge in [0.15, 0.2) is 6.61 Å². The van der Waals surface area contributed by atoms with Crippen LogP contribution in [0, 0.1) is 5.92 Å². The largest absolute Gasteiger partial charge is 0.351 e. The molecule has 2 amide bonds. The molecule has 0 bridgehead atoms. The average Bonchev–Trinajstić information content (AvgIpc) is 2.38. The van der Waals surface area contributed by atoms with Gasteiger partial charge < -0.3 is 5.32 Å². The lowest BCUT2D eigenvalue weighted by Crippen LogP contribution is -2.40. The number of carbonyl (C=O) groups excluding carboxylic acids is 2. The molecule has 0 aliphatic heterocycles.